The number of ether oxygens (including phenoxy) is 1. The first kappa shape index (κ1) is 11.8. The van der Waals surface area contributed by atoms with E-state index in [9.17, 15) is 9.59 Å². The van der Waals surface area contributed by atoms with Gasteiger partial charge in [-0.1, -0.05) is 11.2 Å². The van der Waals surface area contributed by atoms with Crippen molar-refractivity contribution in [2.75, 3.05) is 7.11 Å². The number of oxime groups is 1. The fourth-order valence-corrected chi connectivity index (χ4v) is 1.97. The summed E-state index contributed by atoms with van der Waals surface area (Å²) in [5.41, 5.74) is 1.95. The predicted molar refractivity (Wildman–Crippen MR) is 60.5 cm³/mol. The Labute approximate surface area is 99.5 Å². The second-order valence-electron chi connectivity index (χ2n) is 4.22. The van der Waals surface area contributed by atoms with Crippen LogP contribution in [-0.2, 0) is 19.2 Å². The van der Waals surface area contributed by atoms with E-state index in [1.807, 2.05) is 6.08 Å². The van der Waals surface area contributed by atoms with E-state index in [1.165, 1.54) is 7.11 Å². The van der Waals surface area contributed by atoms with E-state index in [0.717, 1.165) is 17.7 Å². The van der Waals surface area contributed by atoms with E-state index in [2.05, 4.69) is 9.89 Å². The molecule has 0 aromatic carbocycles. The van der Waals surface area contributed by atoms with Gasteiger partial charge in [-0.25, -0.2) is 0 Å². The molecular formula is C12H15NO4. The van der Waals surface area contributed by atoms with Gasteiger partial charge in [0.05, 0.1) is 19.2 Å². The first-order valence-electron chi connectivity index (χ1n) is 5.69. The molecule has 2 aliphatic rings. The zero-order valence-corrected chi connectivity index (χ0v) is 9.77. The molecule has 1 unspecified atom stereocenters. The fraction of sp³-hybridized carbons (Fsp3) is 0.583. The molecular weight excluding hydrogens is 222 g/mol. The summed E-state index contributed by atoms with van der Waals surface area (Å²) in [6.07, 6.45) is 4.31. The number of esters is 1. The van der Waals surface area contributed by atoms with Crippen molar-refractivity contribution in [1.82, 2.24) is 0 Å². The van der Waals surface area contributed by atoms with Gasteiger partial charge in [0.15, 0.2) is 0 Å². The molecule has 0 saturated heterocycles. The molecule has 1 heterocycles. The minimum Gasteiger partial charge on any atom is -0.469 e. The molecule has 0 saturated carbocycles. The van der Waals surface area contributed by atoms with Gasteiger partial charge >= 0.3 is 5.97 Å². The summed E-state index contributed by atoms with van der Waals surface area (Å²) < 4.78 is 4.58. The van der Waals surface area contributed by atoms with Gasteiger partial charge < -0.3 is 9.57 Å². The van der Waals surface area contributed by atoms with Crippen molar-refractivity contribution in [1.29, 1.82) is 0 Å². The van der Waals surface area contributed by atoms with E-state index >= 15 is 0 Å². The number of hydrogen-bond donors (Lipinski definition) is 0. The average molecular weight is 237 g/mol. The number of hydrogen-bond acceptors (Lipinski definition) is 5. The van der Waals surface area contributed by atoms with Crippen molar-refractivity contribution >= 4 is 17.5 Å². The van der Waals surface area contributed by atoms with Crippen molar-refractivity contribution < 1.29 is 19.2 Å². The number of methoxy groups -OCH3 is 1. The van der Waals surface area contributed by atoms with Crippen LogP contribution in [0.25, 0.3) is 0 Å². The lowest BCUT2D eigenvalue weighted by Gasteiger charge is -2.10. The quantitative estimate of drug-likeness (QED) is 0.695. The van der Waals surface area contributed by atoms with Crippen LogP contribution < -0.4 is 0 Å². The van der Waals surface area contributed by atoms with Crippen molar-refractivity contribution in [3.05, 3.63) is 11.6 Å². The van der Waals surface area contributed by atoms with Crippen molar-refractivity contribution in [3.8, 4) is 0 Å². The Morgan fingerprint density at radius 3 is 3.06 bits per heavy atom. The largest absolute Gasteiger partial charge is 0.469 e. The van der Waals surface area contributed by atoms with Gasteiger partial charge in [0.1, 0.15) is 11.9 Å². The topological polar surface area (TPSA) is 65.0 Å². The van der Waals surface area contributed by atoms with E-state index in [1.54, 1.807) is 0 Å². The fourth-order valence-electron chi connectivity index (χ4n) is 1.97. The minimum absolute atomic E-state index is 0.218. The normalized spacial score (nSPS) is 23.8. The van der Waals surface area contributed by atoms with Gasteiger partial charge in [-0.3, -0.25) is 9.59 Å². The van der Waals surface area contributed by atoms with Crippen molar-refractivity contribution in [3.63, 3.8) is 0 Å². The van der Waals surface area contributed by atoms with Crippen LogP contribution in [0.4, 0.5) is 0 Å². The molecule has 1 aliphatic carbocycles. The average Bonchev–Trinajstić information content (AvgIpc) is 2.78. The first-order valence-corrected chi connectivity index (χ1v) is 5.69. The Kier molecular flexibility index (Phi) is 3.56. The summed E-state index contributed by atoms with van der Waals surface area (Å²) in [5, 5.41) is 3.98. The van der Waals surface area contributed by atoms with Crippen molar-refractivity contribution in [2.45, 2.75) is 38.2 Å². The molecule has 17 heavy (non-hydrogen) atoms. The number of carbonyl (C=O) groups excluding carboxylic acids is 2. The monoisotopic (exact) mass is 237 g/mol. The Morgan fingerprint density at radius 1 is 1.59 bits per heavy atom. The molecule has 0 spiro atoms. The zero-order chi connectivity index (χ0) is 12.3. The summed E-state index contributed by atoms with van der Waals surface area (Å²) in [6, 6.07) is 0. The number of rotatable bonds is 3. The lowest BCUT2D eigenvalue weighted by atomic mass is 9.92. The van der Waals surface area contributed by atoms with Crippen LogP contribution in [0, 0.1) is 0 Å². The summed E-state index contributed by atoms with van der Waals surface area (Å²) in [4.78, 5) is 27.4. The lowest BCUT2D eigenvalue weighted by Crippen LogP contribution is -2.16. The number of carbonyl (C=O) groups is 2. The first-order chi connectivity index (χ1) is 8.19. The van der Waals surface area contributed by atoms with Gasteiger partial charge in [0, 0.05) is 19.3 Å². The third-order valence-corrected chi connectivity index (χ3v) is 2.97. The van der Waals surface area contributed by atoms with Crippen LogP contribution in [0.15, 0.2) is 16.8 Å². The van der Waals surface area contributed by atoms with E-state index < -0.39 is 0 Å². The highest BCUT2D eigenvalue weighted by Crippen LogP contribution is 2.24. The molecule has 5 nitrogen and oxygen atoms in total. The molecule has 92 valence electrons. The predicted octanol–water partition coefficient (Wildman–Crippen LogP) is 1.37. The molecule has 0 fully saturated rings. The smallest absolute Gasteiger partial charge is 0.309 e. The molecule has 1 aliphatic heterocycles. The molecule has 0 aromatic rings. The summed E-state index contributed by atoms with van der Waals surface area (Å²) in [7, 11) is 1.36. The second kappa shape index (κ2) is 5.12. The molecule has 0 N–H and O–H groups in total. The summed E-state index contributed by atoms with van der Waals surface area (Å²) in [5.74, 6) is -0.0290. The molecule has 0 radical (unpaired) electrons. The molecule has 5 heteroatoms. The molecule has 1 atom stereocenters. The number of ketones is 1. The maximum Gasteiger partial charge on any atom is 0.309 e. The Bertz CT molecular complexity index is 397. The van der Waals surface area contributed by atoms with Gasteiger partial charge in [-0.2, -0.15) is 0 Å². The third-order valence-electron chi connectivity index (χ3n) is 2.97. The van der Waals surface area contributed by atoms with Gasteiger partial charge in [0.25, 0.3) is 0 Å². The molecule has 0 bridgehead atoms. The van der Waals surface area contributed by atoms with Crippen LogP contribution in [-0.4, -0.2) is 30.7 Å². The van der Waals surface area contributed by atoms with E-state index in [0.29, 0.717) is 19.3 Å². The molecule has 2 rings (SSSR count). The highest BCUT2D eigenvalue weighted by Gasteiger charge is 2.27. The van der Waals surface area contributed by atoms with Crippen LogP contribution >= 0.6 is 0 Å². The Hall–Kier alpha value is -1.65. The Morgan fingerprint density at radius 2 is 2.41 bits per heavy atom. The van der Waals surface area contributed by atoms with Gasteiger partial charge in [-0.05, 0) is 12.0 Å². The minimum atomic E-state index is -0.292. The summed E-state index contributed by atoms with van der Waals surface area (Å²) >= 11 is 0. The number of allylic oxidation sites excluding steroid dienone is 2. The van der Waals surface area contributed by atoms with Crippen LogP contribution in [0.3, 0.4) is 0 Å². The third kappa shape index (κ3) is 2.93. The highest BCUT2D eigenvalue weighted by atomic mass is 16.6. The SMILES string of the molecule is COC(=O)CC1CC(C2=CCC(=O)CC2)=NO1. The number of nitrogens with zero attached hydrogens (tertiary/aromatic N) is 1. The maximum absolute atomic E-state index is 11.1. The molecule has 0 amide bonds. The number of Topliss-reactive ketones (excluding diaryl/α,β-unsaturated/α-hetero) is 1. The summed E-state index contributed by atoms with van der Waals surface area (Å²) in [6.45, 7) is 0. The maximum atomic E-state index is 11.1. The lowest BCUT2D eigenvalue weighted by molar-refractivity contribution is -0.143. The van der Waals surface area contributed by atoms with Crippen LogP contribution in [0.2, 0.25) is 0 Å². The van der Waals surface area contributed by atoms with E-state index in [-0.39, 0.29) is 24.3 Å². The van der Waals surface area contributed by atoms with Gasteiger partial charge in [0.2, 0.25) is 0 Å². The second-order valence-corrected chi connectivity index (χ2v) is 4.22. The van der Waals surface area contributed by atoms with E-state index in [4.69, 9.17) is 4.84 Å². The van der Waals surface area contributed by atoms with Crippen LogP contribution in [0.5, 0.6) is 0 Å². The van der Waals surface area contributed by atoms with Gasteiger partial charge in [-0.15, -0.1) is 0 Å². The molecule has 0 aromatic heterocycles. The van der Waals surface area contributed by atoms with Crippen LogP contribution in [0.1, 0.15) is 32.1 Å². The highest BCUT2D eigenvalue weighted by molar-refractivity contribution is 6.02. The standard InChI is InChI=1S/C12H15NO4/c1-16-12(15)7-10-6-11(13-17-10)8-2-4-9(14)5-3-8/h2,10H,3-7H2,1H3. The zero-order valence-electron chi connectivity index (χ0n) is 9.77. The van der Waals surface area contributed by atoms with Crippen molar-refractivity contribution in [2.24, 2.45) is 5.16 Å². The Balaban J connectivity index is 1.89.